The summed E-state index contributed by atoms with van der Waals surface area (Å²) in [5.41, 5.74) is 5.50. The molecule has 2 aromatic rings. The summed E-state index contributed by atoms with van der Waals surface area (Å²) in [6.45, 7) is 0.925. The SMILES string of the molecule is Nc1ccn(CCOc2c(Cl)cc(Cl)cc2Cl)n1. The minimum absolute atomic E-state index is 0.377. The van der Waals surface area contributed by atoms with Crippen molar-refractivity contribution in [2.75, 3.05) is 12.3 Å². The molecule has 0 spiro atoms. The van der Waals surface area contributed by atoms with Crippen LogP contribution in [0.2, 0.25) is 15.1 Å². The first-order valence-electron chi connectivity index (χ1n) is 5.12. The zero-order valence-corrected chi connectivity index (χ0v) is 11.5. The van der Waals surface area contributed by atoms with E-state index in [0.29, 0.717) is 39.8 Å². The maximum atomic E-state index is 5.98. The molecule has 1 aromatic carbocycles. The molecule has 2 N–H and O–H groups in total. The standard InChI is InChI=1S/C11H10Cl3N3O/c12-7-5-8(13)11(9(14)6-7)18-4-3-17-2-1-10(15)16-17/h1-2,5-6H,3-4H2,(H2,15,16). The number of rotatable bonds is 4. The maximum absolute atomic E-state index is 5.98. The van der Waals surface area contributed by atoms with E-state index in [9.17, 15) is 0 Å². The van der Waals surface area contributed by atoms with E-state index in [4.69, 9.17) is 45.3 Å². The average molecular weight is 307 g/mol. The highest BCUT2D eigenvalue weighted by Gasteiger charge is 2.09. The van der Waals surface area contributed by atoms with E-state index < -0.39 is 0 Å². The summed E-state index contributed by atoms with van der Waals surface area (Å²) in [6, 6.07) is 4.87. The van der Waals surface area contributed by atoms with Crippen LogP contribution in [0.15, 0.2) is 24.4 Å². The molecule has 0 saturated carbocycles. The molecule has 0 aliphatic heterocycles. The third-order valence-corrected chi connectivity index (χ3v) is 2.97. The number of ether oxygens (including phenoxy) is 1. The number of halogens is 3. The largest absolute Gasteiger partial charge is 0.489 e. The van der Waals surface area contributed by atoms with Crippen LogP contribution in [0.1, 0.15) is 0 Å². The van der Waals surface area contributed by atoms with Crippen LogP contribution in [-0.2, 0) is 6.54 Å². The number of hydrogen-bond donors (Lipinski definition) is 1. The van der Waals surface area contributed by atoms with Crippen molar-refractivity contribution in [3.63, 3.8) is 0 Å². The molecule has 0 amide bonds. The highest BCUT2D eigenvalue weighted by Crippen LogP contribution is 2.35. The fourth-order valence-electron chi connectivity index (χ4n) is 1.41. The monoisotopic (exact) mass is 305 g/mol. The van der Waals surface area contributed by atoms with Crippen LogP contribution in [0.5, 0.6) is 5.75 Å². The summed E-state index contributed by atoms with van der Waals surface area (Å²) >= 11 is 17.8. The predicted octanol–water partition coefficient (Wildman–Crippen LogP) is 3.50. The van der Waals surface area contributed by atoms with Gasteiger partial charge in [-0.05, 0) is 18.2 Å². The fourth-order valence-corrected chi connectivity index (χ4v) is 2.34. The lowest BCUT2D eigenvalue weighted by Gasteiger charge is -2.10. The van der Waals surface area contributed by atoms with Crippen molar-refractivity contribution < 1.29 is 4.74 Å². The summed E-state index contributed by atoms with van der Waals surface area (Å²) in [6.07, 6.45) is 1.77. The molecule has 4 nitrogen and oxygen atoms in total. The first kappa shape index (κ1) is 13.3. The second-order valence-corrected chi connectivity index (χ2v) is 4.80. The van der Waals surface area contributed by atoms with Gasteiger partial charge in [0, 0.05) is 11.2 Å². The maximum Gasteiger partial charge on any atom is 0.156 e. The molecule has 0 fully saturated rings. The fraction of sp³-hybridized carbons (Fsp3) is 0.182. The molecule has 7 heteroatoms. The van der Waals surface area contributed by atoms with Gasteiger partial charge in [-0.1, -0.05) is 34.8 Å². The minimum Gasteiger partial charge on any atom is -0.489 e. The Kier molecular flexibility index (Phi) is 4.22. The Morgan fingerprint density at radius 2 is 1.89 bits per heavy atom. The summed E-state index contributed by atoms with van der Waals surface area (Å²) < 4.78 is 7.19. The molecule has 1 heterocycles. The predicted molar refractivity (Wildman–Crippen MR) is 73.6 cm³/mol. The van der Waals surface area contributed by atoms with Gasteiger partial charge >= 0.3 is 0 Å². The quantitative estimate of drug-likeness (QED) is 0.940. The summed E-state index contributed by atoms with van der Waals surface area (Å²) in [5, 5.41) is 5.26. The number of benzene rings is 1. The van der Waals surface area contributed by atoms with Gasteiger partial charge in [-0.25, -0.2) is 0 Å². The lowest BCUT2D eigenvalue weighted by Crippen LogP contribution is -2.09. The molecular formula is C11H10Cl3N3O. The van der Waals surface area contributed by atoms with E-state index in [-0.39, 0.29) is 0 Å². The Hall–Kier alpha value is -1.10. The average Bonchev–Trinajstić information content (AvgIpc) is 2.68. The van der Waals surface area contributed by atoms with Crippen molar-refractivity contribution in [2.24, 2.45) is 0 Å². The Morgan fingerprint density at radius 1 is 1.22 bits per heavy atom. The Bertz CT molecular complexity index is 533. The number of anilines is 1. The van der Waals surface area contributed by atoms with Gasteiger partial charge in [-0.3, -0.25) is 4.68 Å². The Balaban J connectivity index is 1.98. The lowest BCUT2D eigenvalue weighted by atomic mass is 10.3. The van der Waals surface area contributed by atoms with Crippen molar-refractivity contribution >= 4 is 40.6 Å². The molecule has 0 bridgehead atoms. The molecule has 0 atom stereocenters. The van der Waals surface area contributed by atoms with Crippen molar-refractivity contribution in [2.45, 2.75) is 6.54 Å². The Labute approximate surface area is 119 Å². The van der Waals surface area contributed by atoms with Gasteiger partial charge < -0.3 is 10.5 Å². The summed E-state index contributed by atoms with van der Waals surface area (Å²) in [4.78, 5) is 0. The molecule has 96 valence electrons. The highest BCUT2D eigenvalue weighted by atomic mass is 35.5. The first-order valence-corrected chi connectivity index (χ1v) is 6.26. The van der Waals surface area contributed by atoms with Gasteiger partial charge in [0.2, 0.25) is 0 Å². The van der Waals surface area contributed by atoms with Crippen molar-refractivity contribution in [1.82, 2.24) is 9.78 Å². The van der Waals surface area contributed by atoms with E-state index in [2.05, 4.69) is 5.10 Å². The van der Waals surface area contributed by atoms with Crippen LogP contribution >= 0.6 is 34.8 Å². The smallest absolute Gasteiger partial charge is 0.156 e. The number of nitrogen functional groups attached to an aromatic ring is 1. The van der Waals surface area contributed by atoms with Crippen LogP contribution in [0.3, 0.4) is 0 Å². The van der Waals surface area contributed by atoms with Crippen LogP contribution in [0.25, 0.3) is 0 Å². The topological polar surface area (TPSA) is 53.1 Å². The minimum atomic E-state index is 0.377. The molecule has 0 unspecified atom stereocenters. The first-order chi connectivity index (χ1) is 8.56. The molecule has 0 saturated heterocycles. The number of aromatic nitrogens is 2. The van der Waals surface area contributed by atoms with Crippen molar-refractivity contribution in [3.8, 4) is 5.75 Å². The van der Waals surface area contributed by atoms with E-state index in [1.165, 1.54) is 0 Å². The van der Waals surface area contributed by atoms with Crippen LogP contribution in [-0.4, -0.2) is 16.4 Å². The van der Waals surface area contributed by atoms with Gasteiger partial charge in [0.25, 0.3) is 0 Å². The molecule has 2 rings (SSSR count). The molecule has 18 heavy (non-hydrogen) atoms. The highest BCUT2D eigenvalue weighted by molar-refractivity contribution is 6.40. The van der Waals surface area contributed by atoms with Gasteiger partial charge in [-0.15, -0.1) is 0 Å². The summed E-state index contributed by atoms with van der Waals surface area (Å²) in [5.74, 6) is 0.889. The van der Waals surface area contributed by atoms with Crippen LogP contribution in [0, 0.1) is 0 Å². The number of nitrogens with zero attached hydrogens (tertiary/aromatic N) is 2. The second kappa shape index (κ2) is 5.69. The Morgan fingerprint density at radius 3 is 2.44 bits per heavy atom. The lowest BCUT2D eigenvalue weighted by molar-refractivity contribution is 0.292. The molecular weight excluding hydrogens is 296 g/mol. The van der Waals surface area contributed by atoms with Gasteiger partial charge in [0.15, 0.2) is 5.75 Å². The van der Waals surface area contributed by atoms with Crippen LogP contribution < -0.4 is 10.5 Å². The normalized spacial score (nSPS) is 10.6. The zero-order chi connectivity index (χ0) is 13.1. The summed E-state index contributed by atoms with van der Waals surface area (Å²) in [7, 11) is 0. The van der Waals surface area contributed by atoms with E-state index >= 15 is 0 Å². The zero-order valence-electron chi connectivity index (χ0n) is 9.24. The van der Waals surface area contributed by atoms with Crippen molar-refractivity contribution in [3.05, 3.63) is 39.5 Å². The van der Waals surface area contributed by atoms with Gasteiger partial charge in [0.05, 0.1) is 16.6 Å². The molecule has 0 aliphatic rings. The number of nitrogens with two attached hydrogens (primary N) is 1. The molecule has 1 aromatic heterocycles. The van der Waals surface area contributed by atoms with Crippen LogP contribution in [0.4, 0.5) is 5.82 Å². The third-order valence-electron chi connectivity index (χ3n) is 2.19. The number of hydrogen-bond acceptors (Lipinski definition) is 3. The van der Waals surface area contributed by atoms with Crippen molar-refractivity contribution in [1.29, 1.82) is 0 Å². The van der Waals surface area contributed by atoms with E-state index in [0.717, 1.165) is 0 Å². The van der Waals surface area contributed by atoms with E-state index in [1.807, 2.05) is 0 Å². The van der Waals surface area contributed by atoms with E-state index in [1.54, 1.807) is 29.1 Å². The third kappa shape index (κ3) is 3.22. The van der Waals surface area contributed by atoms with Gasteiger partial charge in [-0.2, -0.15) is 5.10 Å². The second-order valence-electron chi connectivity index (χ2n) is 3.55. The van der Waals surface area contributed by atoms with Gasteiger partial charge in [0.1, 0.15) is 12.4 Å². The molecule has 0 radical (unpaired) electrons. The molecule has 0 aliphatic carbocycles.